The summed E-state index contributed by atoms with van der Waals surface area (Å²) in [5, 5.41) is 4.46. The fraction of sp³-hybridized carbons (Fsp3) is 0.192. The molecule has 0 radical (unpaired) electrons. The number of nitrogens with zero attached hydrogens (tertiary/aromatic N) is 2. The van der Waals surface area contributed by atoms with E-state index in [0.29, 0.717) is 0 Å². The van der Waals surface area contributed by atoms with Crippen molar-refractivity contribution in [2.24, 2.45) is 4.99 Å². The molecule has 5 heteroatoms. The first-order valence-electron chi connectivity index (χ1n) is 10.3. The number of ether oxygens (including phenoxy) is 1. The zero-order valence-corrected chi connectivity index (χ0v) is 20.6. The molecule has 1 atom stereocenters. The van der Waals surface area contributed by atoms with E-state index in [4.69, 9.17) is 9.73 Å². The second-order valence-corrected chi connectivity index (χ2v) is 10.6. The Bertz CT molecular complexity index is 1440. The molecule has 0 saturated carbocycles. The van der Waals surface area contributed by atoms with Crippen LogP contribution in [-0.4, -0.2) is 19.0 Å². The molecule has 31 heavy (non-hydrogen) atoms. The predicted molar refractivity (Wildman–Crippen MR) is 136 cm³/mol. The summed E-state index contributed by atoms with van der Waals surface area (Å²) in [5.74, 6) is 0.840. The molecule has 1 unspecified atom stereocenters. The summed E-state index contributed by atoms with van der Waals surface area (Å²) in [5.41, 5.74) is 2.36. The van der Waals surface area contributed by atoms with Crippen LogP contribution in [0.15, 0.2) is 74.6 Å². The van der Waals surface area contributed by atoms with E-state index in [9.17, 15) is 0 Å². The summed E-state index contributed by atoms with van der Waals surface area (Å²) in [4.78, 5) is 7.30. The number of anilines is 1. The molecule has 154 valence electrons. The third-order valence-corrected chi connectivity index (χ3v) is 7.91. The van der Waals surface area contributed by atoms with E-state index < -0.39 is 5.72 Å². The topological polar surface area (TPSA) is 24.8 Å². The summed E-state index contributed by atoms with van der Waals surface area (Å²) >= 11 is 7.28. The van der Waals surface area contributed by atoms with Gasteiger partial charge in [0, 0.05) is 32.5 Å². The van der Waals surface area contributed by atoms with Gasteiger partial charge in [0.2, 0.25) is 5.72 Å². The van der Waals surface area contributed by atoms with Crippen LogP contribution in [0, 0.1) is 0 Å². The van der Waals surface area contributed by atoms with Gasteiger partial charge in [0.25, 0.3) is 0 Å². The monoisotopic (exact) mass is 534 g/mol. The van der Waals surface area contributed by atoms with Crippen LogP contribution in [0.4, 0.5) is 11.4 Å². The molecule has 6 rings (SSSR count). The predicted octanol–water partition coefficient (Wildman–Crippen LogP) is 7.74. The fourth-order valence-corrected chi connectivity index (χ4v) is 5.95. The van der Waals surface area contributed by atoms with Crippen LogP contribution in [0.5, 0.6) is 5.75 Å². The molecule has 2 heterocycles. The smallest absolute Gasteiger partial charge is 0.228 e. The van der Waals surface area contributed by atoms with Gasteiger partial charge in [-0.2, -0.15) is 0 Å². The van der Waals surface area contributed by atoms with Gasteiger partial charge in [-0.25, -0.2) is 0 Å². The van der Waals surface area contributed by atoms with Gasteiger partial charge in [-0.3, -0.25) is 4.99 Å². The first-order chi connectivity index (χ1) is 14.8. The number of benzene rings is 4. The van der Waals surface area contributed by atoms with Crippen LogP contribution >= 0.6 is 31.9 Å². The van der Waals surface area contributed by atoms with Gasteiger partial charge in [-0.05, 0) is 66.6 Å². The van der Waals surface area contributed by atoms with E-state index in [1.54, 1.807) is 0 Å². The van der Waals surface area contributed by atoms with Crippen molar-refractivity contribution in [3.8, 4) is 5.75 Å². The standard InChI is InChI=1S/C26H20Br2N2O/c1-25(2)21-6-4-5-7-22(21)30(3)26(25)14-29-23-17-10-8-15(27)12-19(17)20-13-16(28)9-11-18(20)24(23)31-26/h4-14H,1-3H3. The van der Waals surface area contributed by atoms with Crippen molar-refractivity contribution < 1.29 is 4.74 Å². The Labute approximate surface area is 198 Å². The minimum absolute atomic E-state index is 0.282. The minimum atomic E-state index is -0.702. The summed E-state index contributed by atoms with van der Waals surface area (Å²) in [6, 6.07) is 21.2. The molecule has 0 aromatic heterocycles. The highest BCUT2D eigenvalue weighted by Gasteiger charge is 2.58. The van der Waals surface area contributed by atoms with Crippen molar-refractivity contribution >= 4 is 71.0 Å². The summed E-state index contributed by atoms with van der Waals surface area (Å²) in [6.07, 6.45) is 2.00. The third-order valence-electron chi connectivity index (χ3n) is 6.93. The van der Waals surface area contributed by atoms with E-state index in [2.05, 4.69) is 118 Å². The van der Waals surface area contributed by atoms with Gasteiger partial charge in [0.05, 0.1) is 11.6 Å². The lowest BCUT2D eigenvalue weighted by atomic mass is 9.77. The number of rotatable bonds is 0. The average Bonchev–Trinajstić information content (AvgIpc) is 2.92. The maximum absolute atomic E-state index is 7.03. The maximum atomic E-state index is 7.03. The summed E-state index contributed by atoms with van der Waals surface area (Å²) in [7, 11) is 2.10. The van der Waals surface area contributed by atoms with E-state index >= 15 is 0 Å². The number of hydrogen-bond acceptors (Lipinski definition) is 3. The van der Waals surface area contributed by atoms with Gasteiger partial charge < -0.3 is 9.64 Å². The van der Waals surface area contributed by atoms with Crippen molar-refractivity contribution in [1.82, 2.24) is 0 Å². The molecule has 2 aliphatic rings. The van der Waals surface area contributed by atoms with Crippen LogP contribution in [0.2, 0.25) is 0 Å². The van der Waals surface area contributed by atoms with Crippen molar-refractivity contribution in [3.05, 3.63) is 75.2 Å². The molecule has 0 saturated heterocycles. The minimum Gasteiger partial charge on any atom is -0.459 e. The SMILES string of the molecule is CN1c2ccccc2C(C)(C)C12C=Nc1c(c3ccc(Br)cc3c3cc(Br)ccc13)O2. The first kappa shape index (κ1) is 19.3. The highest BCUT2D eigenvalue weighted by atomic mass is 79.9. The van der Waals surface area contributed by atoms with Crippen molar-refractivity contribution in [1.29, 1.82) is 0 Å². The molecule has 0 N–H and O–H groups in total. The Morgan fingerprint density at radius 1 is 0.839 bits per heavy atom. The largest absolute Gasteiger partial charge is 0.459 e. The molecular weight excluding hydrogens is 516 g/mol. The Kier molecular flexibility index (Phi) is 3.95. The Hall–Kier alpha value is -2.37. The Morgan fingerprint density at radius 3 is 2.19 bits per heavy atom. The van der Waals surface area contributed by atoms with Crippen LogP contribution in [0.25, 0.3) is 21.5 Å². The molecule has 4 aromatic rings. The number of fused-ring (bicyclic) bond motifs is 7. The molecule has 0 aliphatic carbocycles. The van der Waals surface area contributed by atoms with Crippen LogP contribution < -0.4 is 9.64 Å². The molecular formula is C26H20Br2N2O. The van der Waals surface area contributed by atoms with Gasteiger partial charge >= 0.3 is 0 Å². The summed E-state index contributed by atoms with van der Waals surface area (Å²) in [6.45, 7) is 4.48. The molecule has 0 bridgehead atoms. The highest BCUT2D eigenvalue weighted by molar-refractivity contribution is 9.10. The van der Waals surface area contributed by atoms with Crippen molar-refractivity contribution in [2.75, 3.05) is 11.9 Å². The first-order valence-corrected chi connectivity index (χ1v) is 11.8. The second kappa shape index (κ2) is 6.33. The van der Waals surface area contributed by atoms with Crippen molar-refractivity contribution in [3.63, 3.8) is 0 Å². The van der Waals surface area contributed by atoms with Gasteiger partial charge in [-0.1, -0.05) is 56.1 Å². The van der Waals surface area contributed by atoms with E-state index in [-0.39, 0.29) is 5.41 Å². The molecule has 2 aliphatic heterocycles. The number of halogens is 2. The highest BCUT2D eigenvalue weighted by Crippen LogP contribution is 2.56. The lowest BCUT2D eigenvalue weighted by Crippen LogP contribution is -2.61. The van der Waals surface area contributed by atoms with E-state index in [1.807, 2.05) is 6.21 Å². The lowest BCUT2D eigenvalue weighted by Gasteiger charge is -2.45. The average molecular weight is 536 g/mol. The molecule has 0 amide bonds. The van der Waals surface area contributed by atoms with Crippen LogP contribution in [-0.2, 0) is 5.41 Å². The molecule has 0 fully saturated rings. The Balaban J connectivity index is 1.68. The van der Waals surface area contributed by atoms with Gasteiger partial charge in [0.15, 0.2) is 5.75 Å². The van der Waals surface area contributed by atoms with Gasteiger partial charge in [0.1, 0.15) is 5.69 Å². The van der Waals surface area contributed by atoms with Gasteiger partial charge in [-0.15, -0.1) is 0 Å². The number of likely N-dealkylation sites (N-methyl/N-ethyl adjacent to an activating group) is 1. The van der Waals surface area contributed by atoms with E-state index in [1.165, 1.54) is 11.3 Å². The zero-order chi connectivity index (χ0) is 21.5. The quantitative estimate of drug-likeness (QED) is 0.215. The van der Waals surface area contributed by atoms with Crippen LogP contribution in [0.3, 0.4) is 0 Å². The van der Waals surface area contributed by atoms with Crippen molar-refractivity contribution in [2.45, 2.75) is 25.0 Å². The molecule has 1 spiro atoms. The van der Waals surface area contributed by atoms with E-state index in [0.717, 1.165) is 41.9 Å². The number of aliphatic imine (C=N–C) groups is 1. The number of hydrogen-bond donors (Lipinski definition) is 0. The molecule has 3 nitrogen and oxygen atoms in total. The lowest BCUT2D eigenvalue weighted by molar-refractivity contribution is 0.0844. The number of para-hydroxylation sites is 1. The maximum Gasteiger partial charge on any atom is 0.228 e. The van der Waals surface area contributed by atoms with Crippen LogP contribution in [0.1, 0.15) is 19.4 Å². The second-order valence-electron chi connectivity index (χ2n) is 8.82. The fourth-order valence-electron chi connectivity index (χ4n) is 5.23. The summed E-state index contributed by atoms with van der Waals surface area (Å²) < 4.78 is 9.12. The molecule has 4 aromatic carbocycles. The zero-order valence-electron chi connectivity index (χ0n) is 17.4. The normalized spacial score (nSPS) is 20.9. The third kappa shape index (κ3) is 2.42. The Morgan fingerprint density at radius 2 is 1.48 bits per heavy atom.